The lowest BCUT2D eigenvalue weighted by Gasteiger charge is -2.16. The summed E-state index contributed by atoms with van der Waals surface area (Å²) >= 11 is 2.79. The van der Waals surface area contributed by atoms with E-state index in [1.807, 2.05) is 11.4 Å². The molecule has 31 heavy (non-hydrogen) atoms. The number of thiophene rings is 2. The number of likely N-dealkylation sites (N-methyl/N-ethyl adjacent to an activating group) is 1. The van der Waals surface area contributed by atoms with Gasteiger partial charge in [0.2, 0.25) is 21.7 Å². The summed E-state index contributed by atoms with van der Waals surface area (Å²) in [7, 11) is -2.50. The minimum absolute atomic E-state index is 0.0189. The Balaban J connectivity index is 1.57. The van der Waals surface area contributed by atoms with Crippen LogP contribution in [-0.4, -0.2) is 43.0 Å². The molecule has 0 bridgehead atoms. The molecule has 0 fully saturated rings. The van der Waals surface area contributed by atoms with Gasteiger partial charge in [0, 0.05) is 24.3 Å². The lowest BCUT2D eigenvalue weighted by molar-refractivity contribution is -0.116. The van der Waals surface area contributed by atoms with Crippen molar-refractivity contribution in [1.82, 2.24) is 9.29 Å². The van der Waals surface area contributed by atoms with Crippen LogP contribution in [0.15, 0.2) is 46.9 Å². The maximum atomic E-state index is 13.2. The first-order valence-electron chi connectivity index (χ1n) is 9.77. The Bertz CT molecular complexity index is 1200. The number of nitrogens with one attached hydrogen (secondary N) is 1. The lowest BCUT2D eigenvalue weighted by atomic mass is 9.93. The minimum atomic E-state index is -3.84. The van der Waals surface area contributed by atoms with Crippen LogP contribution in [0.2, 0.25) is 0 Å². The fourth-order valence-corrected chi connectivity index (χ4v) is 6.62. The molecule has 162 valence electrons. The number of pyridine rings is 1. The van der Waals surface area contributed by atoms with Gasteiger partial charge in [0.25, 0.3) is 0 Å². The average Bonchev–Trinajstić information content (AvgIpc) is 3.41. The number of aromatic nitrogens is 1. The third kappa shape index (κ3) is 4.47. The van der Waals surface area contributed by atoms with E-state index >= 15 is 0 Å². The van der Waals surface area contributed by atoms with Crippen LogP contribution in [0.25, 0.3) is 0 Å². The van der Waals surface area contributed by atoms with Gasteiger partial charge in [-0.05, 0) is 54.8 Å². The maximum absolute atomic E-state index is 13.2. The standard InChI is InChI=1S/C21H21N3O4S3/c1-24(31(27,28)14-6-4-10-22-12-14)13-18(25)23-21-19(20(26)17-9-5-11-29-17)15-7-2-3-8-16(15)30-21/h4-6,9-12H,2-3,7-8,13H2,1H3,(H,23,25). The quantitative estimate of drug-likeness (QED) is 0.527. The fourth-order valence-electron chi connectivity index (χ4n) is 3.56. The predicted molar refractivity (Wildman–Crippen MR) is 121 cm³/mol. The molecule has 1 aliphatic carbocycles. The van der Waals surface area contributed by atoms with Gasteiger partial charge in [-0.1, -0.05) is 6.07 Å². The molecule has 0 saturated carbocycles. The zero-order valence-corrected chi connectivity index (χ0v) is 19.3. The van der Waals surface area contributed by atoms with Crippen molar-refractivity contribution in [3.63, 3.8) is 0 Å². The Morgan fingerprint density at radius 3 is 2.71 bits per heavy atom. The SMILES string of the molecule is CN(CC(=O)Nc1sc2c(c1C(=O)c1cccs1)CCCC2)S(=O)(=O)c1cccnc1. The molecule has 0 atom stereocenters. The number of hydrogen-bond acceptors (Lipinski definition) is 7. The third-order valence-electron chi connectivity index (χ3n) is 5.11. The highest BCUT2D eigenvalue weighted by Gasteiger charge is 2.29. The van der Waals surface area contributed by atoms with Crippen molar-refractivity contribution in [3.05, 3.63) is 62.9 Å². The van der Waals surface area contributed by atoms with Gasteiger partial charge in [0.15, 0.2) is 0 Å². The summed E-state index contributed by atoms with van der Waals surface area (Å²) in [5.41, 5.74) is 1.56. The van der Waals surface area contributed by atoms with Crippen molar-refractivity contribution in [3.8, 4) is 0 Å². The summed E-state index contributed by atoms with van der Waals surface area (Å²) < 4.78 is 26.3. The summed E-state index contributed by atoms with van der Waals surface area (Å²) in [6.07, 6.45) is 6.48. The summed E-state index contributed by atoms with van der Waals surface area (Å²) in [4.78, 5) is 31.5. The lowest BCUT2D eigenvalue weighted by Crippen LogP contribution is -2.35. The number of fused-ring (bicyclic) bond motifs is 1. The zero-order chi connectivity index (χ0) is 22.0. The Morgan fingerprint density at radius 2 is 2.00 bits per heavy atom. The number of sulfonamides is 1. The van der Waals surface area contributed by atoms with Crippen molar-refractivity contribution < 1.29 is 18.0 Å². The molecule has 0 radical (unpaired) electrons. The molecule has 0 aromatic carbocycles. The van der Waals surface area contributed by atoms with Crippen LogP contribution in [0.3, 0.4) is 0 Å². The molecule has 3 heterocycles. The molecular weight excluding hydrogens is 454 g/mol. The van der Waals surface area contributed by atoms with E-state index < -0.39 is 15.9 Å². The molecule has 3 aromatic rings. The molecule has 1 amide bonds. The number of anilines is 1. The highest BCUT2D eigenvalue weighted by molar-refractivity contribution is 7.89. The third-order valence-corrected chi connectivity index (χ3v) is 8.97. The van der Waals surface area contributed by atoms with Gasteiger partial charge in [-0.2, -0.15) is 4.31 Å². The van der Waals surface area contributed by atoms with Crippen molar-refractivity contribution in [2.45, 2.75) is 30.6 Å². The zero-order valence-electron chi connectivity index (χ0n) is 16.8. The first-order valence-corrected chi connectivity index (χ1v) is 12.9. The van der Waals surface area contributed by atoms with Crippen molar-refractivity contribution in [2.24, 2.45) is 0 Å². The van der Waals surface area contributed by atoms with Crippen LogP contribution < -0.4 is 5.32 Å². The first-order chi connectivity index (χ1) is 14.9. The predicted octanol–water partition coefficient (Wildman–Crippen LogP) is 3.57. The first kappa shape index (κ1) is 21.8. The molecule has 7 nitrogen and oxygen atoms in total. The van der Waals surface area contributed by atoms with Crippen molar-refractivity contribution in [2.75, 3.05) is 18.9 Å². The normalized spacial score (nSPS) is 13.7. The second-order valence-corrected chi connectivity index (χ2v) is 11.3. The molecule has 1 aliphatic rings. The summed E-state index contributed by atoms with van der Waals surface area (Å²) in [5, 5.41) is 5.16. The second kappa shape index (κ2) is 8.99. The number of hydrogen-bond donors (Lipinski definition) is 1. The summed E-state index contributed by atoms with van der Waals surface area (Å²) in [6.45, 7) is -0.369. The van der Waals surface area contributed by atoms with Crippen molar-refractivity contribution >= 4 is 49.4 Å². The van der Waals surface area contributed by atoms with Crippen LogP contribution >= 0.6 is 22.7 Å². The van der Waals surface area contributed by atoms with E-state index in [1.54, 1.807) is 6.07 Å². The maximum Gasteiger partial charge on any atom is 0.244 e. The molecule has 4 rings (SSSR count). The van der Waals surface area contributed by atoms with Crippen LogP contribution in [-0.2, 0) is 27.7 Å². The minimum Gasteiger partial charge on any atom is -0.316 e. The van der Waals surface area contributed by atoms with E-state index in [1.165, 1.54) is 54.2 Å². The van der Waals surface area contributed by atoms with Gasteiger partial charge < -0.3 is 5.32 Å². The van der Waals surface area contributed by atoms with Gasteiger partial charge in [-0.15, -0.1) is 22.7 Å². The smallest absolute Gasteiger partial charge is 0.244 e. The van der Waals surface area contributed by atoms with Crippen LogP contribution in [0.1, 0.15) is 38.5 Å². The fraction of sp³-hybridized carbons (Fsp3) is 0.286. The number of ketones is 1. The van der Waals surface area contributed by atoms with E-state index in [-0.39, 0.29) is 17.2 Å². The van der Waals surface area contributed by atoms with E-state index in [0.29, 0.717) is 15.4 Å². The van der Waals surface area contributed by atoms with Crippen molar-refractivity contribution in [1.29, 1.82) is 0 Å². The van der Waals surface area contributed by atoms with E-state index in [9.17, 15) is 18.0 Å². The topological polar surface area (TPSA) is 96.4 Å². The molecule has 3 aromatic heterocycles. The summed E-state index contributed by atoms with van der Waals surface area (Å²) in [6, 6.07) is 6.56. The van der Waals surface area contributed by atoms with Crippen LogP contribution in [0.4, 0.5) is 5.00 Å². The Morgan fingerprint density at radius 1 is 1.19 bits per heavy atom. The average molecular weight is 476 g/mol. The largest absolute Gasteiger partial charge is 0.316 e. The van der Waals surface area contributed by atoms with Crippen LogP contribution in [0.5, 0.6) is 0 Å². The van der Waals surface area contributed by atoms with Crippen LogP contribution in [0, 0.1) is 0 Å². The summed E-state index contributed by atoms with van der Waals surface area (Å²) in [5.74, 6) is -0.588. The van der Waals surface area contributed by atoms with Gasteiger partial charge in [-0.3, -0.25) is 14.6 Å². The van der Waals surface area contributed by atoms with Gasteiger partial charge in [0.1, 0.15) is 9.90 Å². The number of aryl methyl sites for hydroxylation is 1. The molecule has 0 spiro atoms. The number of nitrogens with zero attached hydrogens (tertiary/aromatic N) is 2. The second-order valence-electron chi connectivity index (χ2n) is 7.22. The Kier molecular flexibility index (Phi) is 6.33. The molecule has 0 unspecified atom stereocenters. The molecular formula is C21H21N3O4S3. The highest BCUT2D eigenvalue weighted by Crippen LogP contribution is 2.39. The molecule has 0 saturated heterocycles. The van der Waals surface area contributed by atoms with Gasteiger partial charge in [0.05, 0.1) is 17.0 Å². The van der Waals surface area contributed by atoms with Gasteiger partial charge in [-0.25, -0.2) is 8.42 Å². The number of carbonyl (C=O) groups excluding carboxylic acids is 2. The number of rotatable bonds is 7. The van der Waals surface area contributed by atoms with E-state index in [2.05, 4.69) is 10.3 Å². The molecule has 10 heteroatoms. The van der Waals surface area contributed by atoms with E-state index in [0.717, 1.165) is 40.4 Å². The molecule has 0 aliphatic heterocycles. The number of amides is 1. The Hall–Kier alpha value is -2.40. The monoisotopic (exact) mass is 475 g/mol. The Labute approximate surface area is 188 Å². The highest BCUT2D eigenvalue weighted by atomic mass is 32.2. The number of carbonyl (C=O) groups is 2. The van der Waals surface area contributed by atoms with Gasteiger partial charge >= 0.3 is 0 Å². The molecule has 1 N–H and O–H groups in total. The van der Waals surface area contributed by atoms with E-state index in [4.69, 9.17) is 0 Å².